The molecule has 1 N–H and O–H groups in total. The zero-order valence-corrected chi connectivity index (χ0v) is 14.0. The number of hydrogen-bond acceptors (Lipinski definition) is 3. The molecule has 1 spiro atoms. The predicted molar refractivity (Wildman–Crippen MR) is 91.7 cm³/mol. The van der Waals surface area contributed by atoms with Crippen molar-refractivity contribution in [3.63, 3.8) is 0 Å². The Kier molecular flexibility index (Phi) is 3.41. The highest BCUT2D eigenvalue weighted by molar-refractivity contribution is 5.39. The Bertz CT molecular complexity index is 579. The topological polar surface area (TPSA) is 24.5 Å². The zero-order chi connectivity index (χ0) is 15.3. The monoisotopic (exact) mass is 312 g/mol. The van der Waals surface area contributed by atoms with Crippen LogP contribution >= 0.6 is 0 Å². The van der Waals surface area contributed by atoms with Crippen molar-refractivity contribution in [2.45, 2.75) is 62.6 Å². The number of fused-ring (bicyclic) bond motifs is 1. The maximum atomic E-state index is 6.37. The van der Waals surface area contributed by atoms with E-state index in [0.717, 1.165) is 30.7 Å². The van der Waals surface area contributed by atoms with Crippen molar-refractivity contribution in [3.05, 3.63) is 29.8 Å². The van der Waals surface area contributed by atoms with Gasteiger partial charge in [-0.3, -0.25) is 0 Å². The van der Waals surface area contributed by atoms with Crippen LogP contribution in [-0.2, 0) is 0 Å². The summed E-state index contributed by atoms with van der Waals surface area (Å²) in [5, 5.41) is 3.92. The lowest BCUT2D eigenvalue weighted by atomic mass is 9.73. The Morgan fingerprint density at radius 3 is 2.83 bits per heavy atom. The standard InChI is InChI=1S/C20H28N2O/c1-2-5-19-17(4-1)18(12-20(23-19)9-3-10-20)21-13-15-8-11-22(14-15)16-6-7-16/h1-2,4-5,15-16,18,21H,3,6-14H2. The van der Waals surface area contributed by atoms with Gasteiger partial charge in [-0.1, -0.05) is 18.2 Å². The van der Waals surface area contributed by atoms with Gasteiger partial charge in [0.2, 0.25) is 0 Å². The minimum Gasteiger partial charge on any atom is -0.487 e. The average Bonchev–Trinajstić information content (AvgIpc) is 3.29. The fraction of sp³-hybridized carbons (Fsp3) is 0.700. The number of nitrogens with zero attached hydrogens (tertiary/aromatic N) is 1. The normalized spacial score (nSPS) is 32.3. The molecule has 3 nitrogen and oxygen atoms in total. The summed E-state index contributed by atoms with van der Waals surface area (Å²) in [7, 11) is 0. The van der Waals surface area contributed by atoms with Crippen molar-refractivity contribution in [2.75, 3.05) is 19.6 Å². The molecule has 1 saturated heterocycles. The SMILES string of the molecule is c1ccc2c(c1)OC1(CCC1)CC2NCC1CCN(C2CC2)C1. The largest absolute Gasteiger partial charge is 0.487 e. The third-order valence-electron chi connectivity index (χ3n) is 6.50. The smallest absolute Gasteiger partial charge is 0.124 e. The van der Waals surface area contributed by atoms with Crippen molar-refractivity contribution < 1.29 is 4.74 Å². The molecule has 2 atom stereocenters. The number of hydrogen-bond donors (Lipinski definition) is 1. The van der Waals surface area contributed by atoms with Gasteiger partial charge in [0.1, 0.15) is 11.4 Å². The molecule has 1 aromatic rings. The van der Waals surface area contributed by atoms with E-state index in [1.54, 1.807) is 0 Å². The highest BCUT2D eigenvalue weighted by atomic mass is 16.5. The van der Waals surface area contributed by atoms with Crippen molar-refractivity contribution in [1.82, 2.24) is 10.2 Å². The summed E-state index contributed by atoms with van der Waals surface area (Å²) >= 11 is 0. The van der Waals surface area contributed by atoms with Gasteiger partial charge in [0.25, 0.3) is 0 Å². The summed E-state index contributed by atoms with van der Waals surface area (Å²) in [6, 6.07) is 10.1. The molecule has 1 aromatic carbocycles. The van der Waals surface area contributed by atoms with Gasteiger partial charge in [0, 0.05) is 30.6 Å². The lowest BCUT2D eigenvalue weighted by molar-refractivity contribution is -0.0371. The van der Waals surface area contributed by atoms with Crippen LogP contribution in [0.2, 0.25) is 0 Å². The van der Waals surface area contributed by atoms with Gasteiger partial charge >= 0.3 is 0 Å². The molecule has 0 aromatic heterocycles. The molecular formula is C20H28N2O. The molecule has 124 valence electrons. The molecular weight excluding hydrogens is 284 g/mol. The van der Waals surface area contributed by atoms with Gasteiger partial charge < -0.3 is 15.0 Å². The molecule has 23 heavy (non-hydrogen) atoms. The first kappa shape index (κ1) is 14.3. The van der Waals surface area contributed by atoms with Gasteiger partial charge in [-0.25, -0.2) is 0 Å². The third kappa shape index (κ3) is 2.68. The van der Waals surface area contributed by atoms with Crippen molar-refractivity contribution in [3.8, 4) is 5.75 Å². The summed E-state index contributed by atoms with van der Waals surface area (Å²) in [5.74, 6) is 1.96. The molecule has 0 amide bonds. The van der Waals surface area contributed by atoms with Crippen LogP contribution in [0.25, 0.3) is 0 Å². The molecule has 2 aliphatic heterocycles. The van der Waals surface area contributed by atoms with Gasteiger partial charge in [0.15, 0.2) is 0 Å². The van der Waals surface area contributed by atoms with Crippen LogP contribution in [0.5, 0.6) is 5.75 Å². The molecule has 2 unspecified atom stereocenters. The second-order valence-corrected chi connectivity index (χ2v) is 8.22. The summed E-state index contributed by atoms with van der Waals surface area (Å²) in [6.45, 7) is 3.80. The molecule has 5 rings (SSSR count). The minimum atomic E-state index is 0.141. The average molecular weight is 312 g/mol. The van der Waals surface area contributed by atoms with Gasteiger partial charge in [-0.15, -0.1) is 0 Å². The van der Waals surface area contributed by atoms with E-state index in [1.807, 2.05) is 0 Å². The van der Waals surface area contributed by atoms with E-state index < -0.39 is 0 Å². The van der Waals surface area contributed by atoms with Crippen LogP contribution in [0.15, 0.2) is 24.3 Å². The fourth-order valence-electron chi connectivity index (χ4n) is 4.79. The Balaban J connectivity index is 1.26. The molecule has 0 bridgehead atoms. The van der Waals surface area contributed by atoms with E-state index in [2.05, 4.69) is 34.5 Å². The first-order valence-electron chi connectivity index (χ1n) is 9.57. The maximum Gasteiger partial charge on any atom is 0.124 e. The number of likely N-dealkylation sites (tertiary alicyclic amines) is 1. The molecule has 2 saturated carbocycles. The number of rotatable bonds is 4. The number of para-hydroxylation sites is 1. The molecule has 0 radical (unpaired) electrons. The quantitative estimate of drug-likeness (QED) is 0.921. The van der Waals surface area contributed by atoms with Crippen LogP contribution in [-0.4, -0.2) is 36.2 Å². The van der Waals surface area contributed by atoms with Crippen molar-refractivity contribution in [2.24, 2.45) is 5.92 Å². The van der Waals surface area contributed by atoms with Crippen LogP contribution in [0.4, 0.5) is 0 Å². The zero-order valence-electron chi connectivity index (χ0n) is 14.0. The van der Waals surface area contributed by atoms with Crippen molar-refractivity contribution >= 4 is 0 Å². The predicted octanol–water partition coefficient (Wildman–Crippen LogP) is 3.51. The second-order valence-electron chi connectivity index (χ2n) is 8.22. The number of ether oxygens (including phenoxy) is 1. The van der Waals surface area contributed by atoms with E-state index in [0.29, 0.717) is 6.04 Å². The summed E-state index contributed by atoms with van der Waals surface area (Å²) < 4.78 is 6.37. The van der Waals surface area contributed by atoms with E-state index in [9.17, 15) is 0 Å². The van der Waals surface area contributed by atoms with E-state index >= 15 is 0 Å². The van der Waals surface area contributed by atoms with E-state index in [-0.39, 0.29) is 5.60 Å². The molecule has 3 heteroatoms. The van der Waals surface area contributed by atoms with Crippen LogP contribution in [0.1, 0.15) is 56.6 Å². The molecule has 3 fully saturated rings. The highest BCUT2D eigenvalue weighted by Gasteiger charge is 2.45. The summed E-state index contributed by atoms with van der Waals surface area (Å²) in [5.41, 5.74) is 1.52. The lowest BCUT2D eigenvalue weighted by Gasteiger charge is -2.48. The van der Waals surface area contributed by atoms with Crippen LogP contribution in [0.3, 0.4) is 0 Å². The maximum absolute atomic E-state index is 6.37. The minimum absolute atomic E-state index is 0.141. The first-order valence-corrected chi connectivity index (χ1v) is 9.57. The first-order chi connectivity index (χ1) is 11.3. The molecule has 4 aliphatic rings. The molecule has 2 aliphatic carbocycles. The van der Waals surface area contributed by atoms with Gasteiger partial charge in [-0.2, -0.15) is 0 Å². The van der Waals surface area contributed by atoms with Crippen molar-refractivity contribution in [1.29, 1.82) is 0 Å². The Labute approximate surface area is 139 Å². The highest BCUT2D eigenvalue weighted by Crippen LogP contribution is 2.48. The van der Waals surface area contributed by atoms with Gasteiger partial charge in [0.05, 0.1) is 0 Å². The lowest BCUT2D eigenvalue weighted by Crippen LogP contribution is -2.49. The Morgan fingerprint density at radius 1 is 1.17 bits per heavy atom. The fourth-order valence-corrected chi connectivity index (χ4v) is 4.79. The Hall–Kier alpha value is -1.06. The number of benzene rings is 1. The Morgan fingerprint density at radius 2 is 2.04 bits per heavy atom. The van der Waals surface area contributed by atoms with E-state index in [4.69, 9.17) is 4.74 Å². The summed E-state index contributed by atoms with van der Waals surface area (Å²) in [4.78, 5) is 2.72. The molecule has 2 heterocycles. The second kappa shape index (κ2) is 5.49. The number of nitrogens with one attached hydrogen (secondary N) is 1. The summed E-state index contributed by atoms with van der Waals surface area (Å²) in [6.07, 6.45) is 9.21. The van der Waals surface area contributed by atoms with Crippen LogP contribution in [0, 0.1) is 5.92 Å². The van der Waals surface area contributed by atoms with Crippen LogP contribution < -0.4 is 10.1 Å². The van der Waals surface area contributed by atoms with E-state index in [1.165, 1.54) is 57.2 Å². The third-order valence-corrected chi connectivity index (χ3v) is 6.50. The van der Waals surface area contributed by atoms with Gasteiger partial charge in [-0.05, 0) is 63.6 Å².